The molecule has 1 N–H and O–H groups in total. The topological polar surface area (TPSA) is 98.8 Å². The lowest BCUT2D eigenvalue weighted by atomic mass is 9.78. The normalized spacial score (nSPS) is 19.8. The second-order valence-corrected chi connectivity index (χ2v) is 9.53. The van der Waals surface area contributed by atoms with Crippen LogP contribution in [0.25, 0.3) is 0 Å². The Morgan fingerprint density at radius 2 is 1.74 bits per heavy atom. The van der Waals surface area contributed by atoms with Crippen molar-refractivity contribution in [3.05, 3.63) is 59.7 Å². The van der Waals surface area contributed by atoms with Gasteiger partial charge < -0.3 is 9.47 Å². The molecule has 166 valence electrons. The fourth-order valence-electron chi connectivity index (χ4n) is 4.02. The molecule has 31 heavy (non-hydrogen) atoms. The number of sulfonamides is 1. The Balaban J connectivity index is 2.01. The van der Waals surface area contributed by atoms with Crippen LogP contribution >= 0.6 is 0 Å². The monoisotopic (exact) mass is 445 g/mol. The van der Waals surface area contributed by atoms with Crippen LogP contribution in [0, 0.1) is 12.3 Å². The minimum atomic E-state index is -3.90. The van der Waals surface area contributed by atoms with E-state index in [0.29, 0.717) is 24.2 Å². The standard InChI is InChI=1S/C23H27NO6S/c1-16-6-12-19(13-7-16)31(27,28)24-20(17-8-10-18(29-2)11-9-17)15-23(22(26)30-3)14-4-5-21(23)25/h6-13,20,24H,4-5,14-15H2,1-3H3/t20-,23+/m0/s1. The molecule has 0 aromatic heterocycles. The van der Waals surface area contributed by atoms with E-state index in [4.69, 9.17) is 9.47 Å². The zero-order chi connectivity index (χ0) is 22.6. The van der Waals surface area contributed by atoms with Gasteiger partial charge in [0.25, 0.3) is 0 Å². The molecular formula is C23H27NO6S. The second-order valence-electron chi connectivity index (χ2n) is 7.81. The SMILES string of the molecule is COC(=O)[C@@]1(C[C@H](NS(=O)(=O)c2ccc(C)cc2)c2ccc(OC)cc2)CCCC1=O. The summed E-state index contributed by atoms with van der Waals surface area (Å²) in [4.78, 5) is 25.5. The highest BCUT2D eigenvalue weighted by atomic mass is 32.2. The molecule has 2 aromatic carbocycles. The van der Waals surface area contributed by atoms with Gasteiger partial charge in [0.15, 0.2) is 0 Å². The van der Waals surface area contributed by atoms with Crippen molar-refractivity contribution in [3.8, 4) is 5.75 Å². The number of esters is 1. The predicted molar refractivity (Wildman–Crippen MR) is 115 cm³/mol. The quantitative estimate of drug-likeness (QED) is 0.494. The number of nitrogens with one attached hydrogen (secondary N) is 1. The van der Waals surface area contributed by atoms with Crippen LogP contribution in [0.4, 0.5) is 0 Å². The Morgan fingerprint density at radius 3 is 2.26 bits per heavy atom. The summed E-state index contributed by atoms with van der Waals surface area (Å²) in [5.74, 6) is -0.223. The van der Waals surface area contributed by atoms with E-state index in [1.54, 1.807) is 36.4 Å². The van der Waals surface area contributed by atoms with E-state index >= 15 is 0 Å². The van der Waals surface area contributed by atoms with Crippen LogP contribution < -0.4 is 9.46 Å². The molecule has 3 rings (SSSR count). The van der Waals surface area contributed by atoms with Crippen molar-refractivity contribution in [2.24, 2.45) is 5.41 Å². The molecule has 0 unspecified atom stereocenters. The summed E-state index contributed by atoms with van der Waals surface area (Å²) in [5, 5.41) is 0. The number of rotatable bonds is 8. The number of Topliss-reactive ketones (excluding diaryl/α,β-unsaturated/α-hetero) is 1. The highest BCUT2D eigenvalue weighted by molar-refractivity contribution is 7.89. The first-order chi connectivity index (χ1) is 14.7. The molecule has 2 atom stereocenters. The number of aryl methyl sites for hydroxylation is 1. The lowest BCUT2D eigenvalue weighted by Gasteiger charge is -2.30. The fraction of sp³-hybridized carbons (Fsp3) is 0.391. The van der Waals surface area contributed by atoms with Gasteiger partial charge in [-0.15, -0.1) is 0 Å². The van der Waals surface area contributed by atoms with E-state index in [9.17, 15) is 18.0 Å². The van der Waals surface area contributed by atoms with Gasteiger partial charge in [-0.05, 0) is 56.0 Å². The van der Waals surface area contributed by atoms with Crippen LogP contribution in [0.2, 0.25) is 0 Å². The van der Waals surface area contributed by atoms with Crippen LogP contribution in [0.1, 0.15) is 42.9 Å². The average molecular weight is 446 g/mol. The fourth-order valence-corrected chi connectivity index (χ4v) is 5.25. The lowest BCUT2D eigenvalue weighted by Crippen LogP contribution is -2.41. The van der Waals surface area contributed by atoms with Crippen molar-refractivity contribution in [3.63, 3.8) is 0 Å². The predicted octanol–water partition coefficient (Wildman–Crippen LogP) is 3.33. The zero-order valence-electron chi connectivity index (χ0n) is 17.9. The van der Waals surface area contributed by atoms with Crippen molar-refractivity contribution in [2.75, 3.05) is 14.2 Å². The van der Waals surface area contributed by atoms with E-state index in [1.165, 1.54) is 26.4 Å². The summed E-state index contributed by atoms with van der Waals surface area (Å²) in [5.41, 5.74) is 0.195. The van der Waals surface area contributed by atoms with Crippen molar-refractivity contribution >= 4 is 21.8 Å². The van der Waals surface area contributed by atoms with Crippen molar-refractivity contribution < 1.29 is 27.5 Å². The Labute approximate surface area is 182 Å². The van der Waals surface area contributed by atoms with Gasteiger partial charge in [-0.25, -0.2) is 13.1 Å². The van der Waals surface area contributed by atoms with E-state index in [-0.39, 0.29) is 23.5 Å². The number of carbonyl (C=O) groups excluding carboxylic acids is 2. The van der Waals surface area contributed by atoms with Gasteiger partial charge in [-0.2, -0.15) is 0 Å². The molecular weight excluding hydrogens is 418 g/mol. The molecule has 0 radical (unpaired) electrons. The molecule has 2 aromatic rings. The van der Waals surface area contributed by atoms with Crippen LogP contribution in [0.15, 0.2) is 53.4 Å². The maximum absolute atomic E-state index is 13.1. The van der Waals surface area contributed by atoms with Gasteiger partial charge in [0.1, 0.15) is 16.9 Å². The maximum atomic E-state index is 13.1. The molecule has 0 amide bonds. The number of carbonyl (C=O) groups is 2. The minimum Gasteiger partial charge on any atom is -0.497 e. The van der Waals surface area contributed by atoms with Crippen molar-refractivity contribution in [1.82, 2.24) is 4.72 Å². The smallest absolute Gasteiger partial charge is 0.319 e. The zero-order valence-corrected chi connectivity index (χ0v) is 18.7. The lowest BCUT2D eigenvalue weighted by molar-refractivity contribution is -0.157. The minimum absolute atomic E-state index is 0.0179. The first-order valence-corrected chi connectivity index (χ1v) is 11.5. The third-order valence-electron chi connectivity index (χ3n) is 5.82. The van der Waals surface area contributed by atoms with E-state index in [2.05, 4.69) is 4.72 Å². The van der Waals surface area contributed by atoms with Gasteiger partial charge in [0, 0.05) is 12.5 Å². The molecule has 8 heteroatoms. The molecule has 0 aliphatic heterocycles. The molecule has 0 heterocycles. The van der Waals surface area contributed by atoms with Crippen LogP contribution in [0.5, 0.6) is 5.75 Å². The molecule has 1 aliphatic rings. The number of ketones is 1. The Morgan fingerprint density at radius 1 is 1.10 bits per heavy atom. The molecule has 1 saturated carbocycles. The van der Waals surface area contributed by atoms with Crippen molar-refractivity contribution in [1.29, 1.82) is 0 Å². The highest BCUT2D eigenvalue weighted by Gasteiger charge is 2.51. The summed E-state index contributed by atoms with van der Waals surface area (Å²) < 4.78 is 39.1. The molecule has 0 bridgehead atoms. The highest BCUT2D eigenvalue weighted by Crippen LogP contribution is 2.43. The third-order valence-corrected chi connectivity index (χ3v) is 7.30. The molecule has 0 spiro atoms. The Bertz CT molecular complexity index is 1050. The average Bonchev–Trinajstić information content (AvgIpc) is 3.14. The van der Waals surface area contributed by atoms with Crippen molar-refractivity contribution in [2.45, 2.75) is 43.5 Å². The molecule has 1 fully saturated rings. The van der Waals surface area contributed by atoms with Gasteiger partial charge >= 0.3 is 5.97 Å². The summed E-state index contributed by atoms with van der Waals surface area (Å²) >= 11 is 0. The molecule has 7 nitrogen and oxygen atoms in total. The van der Waals surface area contributed by atoms with E-state index in [1.807, 2.05) is 6.92 Å². The number of ether oxygens (including phenoxy) is 2. The Hall–Kier alpha value is -2.71. The molecule has 1 aliphatic carbocycles. The summed E-state index contributed by atoms with van der Waals surface area (Å²) in [6.07, 6.45) is 1.15. The van der Waals surface area contributed by atoms with Gasteiger partial charge in [0.2, 0.25) is 10.0 Å². The largest absolute Gasteiger partial charge is 0.497 e. The van der Waals surface area contributed by atoms with Crippen LogP contribution in [-0.2, 0) is 24.3 Å². The number of hydrogen-bond donors (Lipinski definition) is 1. The number of methoxy groups -OCH3 is 2. The first-order valence-electron chi connectivity index (χ1n) is 10.1. The number of benzene rings is 2. The summed E-state index contributed by atoms with van der Waals surface area (Å²) in [6.45, 7) is 1.87. The number of hydrogen-bond acceptors (Lipinski definition) is 6. The Kier molecular flexibility index (Phi) is 6.81. The van der Waals surface area contributed by atoms with Gasteiger partial charge in [-0.3, -0.25) is 9.59 Å². The first kappa shape index (κ1) is 23.0. The van der Waals surface area contributed by atoms with Gasteiger partial charge in [-0.1, -0.05) is 29.8 Å². The van der Waals surface area contributed by atoms with Gasteiger partial charge in [0.05, 0.1) is 19.1 Å². The molecule has 0 saturated heterocycles. The van der Waals surface area contributed by atoms with E-state index < -0.39 is 27.4 Å². The maximum Gasteiger partial charge on any atom is 0.319 e. The summed E-state index contributed by atoms with van der Waals surface area (Å²) in [6, 6.07) is 12.6. The van der Waals surface area contributed by atoms with E-state index in [0.717, 1.165) is 5.56 Å². The second kappa shape index (κ2) is 9.20. The summed E-state index contributed by atoms with van der Waals surface area (Å²) in [7, 11) is -1.12. The van der Waals surface area contributed by atoms with Crippen LogP contribution in [-0.4, -0.2) is 34.4 Å². The third kappa shape index (κ3) is 4.80. The van der Waals surface area contributed by atoms with Crippen LogP contribution in [0.3, 0.4) is 0 Å².